The number of carboxylic acid groups (broad SMARTS) is 1. The topological polar surface area (TPSA) is 75.6 Å². The second-order valence-electron chi connectivity index (χ2n) is 3.39. The Morgan fingerprint density at radius 3 is 2.65 bits per heavy atom. The number of carboxylic acids is 1. The van der Waals surface area contributed by atoms with Crippen molar-refractivity contribution in [3.63, 3.8) is 0 Å². The lowest BCUT2D eigenvalue weighted by Gasteiger charge is -2.13. The quantitative estimate of drug-likeness (QED) is 0.781. The maximum atomic E-state index is 13.0. The highest BCUT2D eigenvalue weighted by atomic mass is 19.1. The summed E-state index contributed by atoms with van der Waals surface area (Å²) in [6.45, 7) is 1.41. The van der Waals surface area contributed by atoms with Crippen LogP contribution in [0.3, 0.4) is 0 Å². The first-order valence-corrected chi connectivity index (χ1v) is 4.83. The third kappa shape index (κ3) is 3.17. The largest absolute Gasteiger partial charge is 0.480 e. The van der Waals surface area contributed by atoms with Gasteiger partial charge in [-0.1, -0.05) is 0 Å². The number of aliphatic carboxylic acids is 1. The molecule has 17 heavy (non-hydrogen) atoms. The molecular weight excluding hydrogens is 229 g/mol. The maximum Gasteiger partial charge on any atom is 0.340 e. The summed E-state index contributed by atoms with van der Waals surface area (Å²) in [5.41, 5.74) is 0.175. The fourth-order valence-electron chi connectivity index (χ4n) is 1.22. The lowest BCUT2D eigenvalue weighted by Crippen LogP contribution is -2.26. The number of ether oxygens (including phenoxy) is 1. The number of halogens is 1. The number of carbonyl (C=O) groups excluding carboxylic acids is 1. The highest BCUT2D eigenvalue weighted by Gasteiger charge is 2.17. The van der Waals surface area contributed by atoms with Crippen molar-refractivity contribution in [1.82, 2.24) is 0 Å². The molecule has 0 saturated carbocycles. The molecule has 0 amide bonds. The molecule has 92 valence electrons. The highest BCUT2D eigenvalue weighted by Crippen LogP contribution is 2.19. The van der Waals surface area contributed by atoms with Crippen molar-refractivity contribution in [2.24, 2.45) is 0 Å². The van der Waals surface area contributed by atoms with Crippen molar-refractivity contribution in [3.05, 3.63) is 29.6 Å². The molecule has 5 nitrogen and oxygen atoms in total. The Bertz CT molecular complexity index is 447. The van der Waals surface area contributed by atoms with E-state index in [1.54, 1.807) is 0 Å². The van der Waals surface area contributed by atoms with Crippen LogP contribution in [-0.2, 0) is 9.53 Å². The molecule has 2 N–H and O–H groups in total. The Morgan fingerprint density at radius 1 is 1.47 bits per heavy atom. The predicted molar refractivity (Wildman–Crippen MR) is 58.5 cm³/mol. The van der Waals surface area contributed by atoms with E-state index in [4.69, 9.17) is 5.11 Å². The fraction of sp³-hybridized carbons (Fsp3) is 0.273. The van der Waals surface area contributed by atoms with Crippen LogP contribution in [0.1, 0.15) is 17.3 Å². The Morgan fingerprint density at radius 2 is 2.12 bits per heavy atom. The average molecular weight is 241 g/mol. The van der Waals surface area contributed by atoms with E-state index in [1.165, 1.54) is 13.0 Å². The smallest absolute Gasteiger partial charge is 0.340 e. The van der Waals surface area contributed by atoms with Crippen LogP contribution in [0.2, 0.25) is 0 Å². The SMILES string of the molecule is COC(=O)c1cc(F)ccc1NC(C)C(=O)O. The number of anilines is 1. The molecule has 1 rings (SSSR count). The molecule has 0 aliphatic carbocycles. The molecule has 6 heteroatoms. The number of esters is 1. The van der Waals surface area contributed by atoms with E-state index in [9.17, 15) is 14.0 Å². The number of nitrogens with one attached hydrogen (secondary N) is 1. The third-order valence-corrected chi connectivity index (χ3v) is 2.13. The summed E-state index contributed by atoms with van der Waals surface area (Å²) in [5, 5.41) is 11.3. The molecule has 0 spiro atoms. The molecule has 0 bridgehead atoms. The van der Waals surface area contributed by atoms with Gasteiger partial charge in [-0.2, -0.15) is 0 Å². The van der Waals surface area contributed by atoms with Gasteiger partial charge in [0.05, 0.1) is 12.7 Å². The van der Waals surface area contributed by atoms with Gasteiger partial charge >= 0.3 is 11.9 Å². The summed E-state index contributed by atoms with van der Waals surface area (Å²) in [5.74, 6) is -2.41. The summed E-state index contributed by atoms with van der Waals surface area (Å²) in [7, 11) is 1.16. The van der Waals surface area contributed by atoms with E-state index >= 15 is 0 Å². The molecule has 0 radical (unpaired) electrons. The van der Waals surface area contributed by atoms with Gasteiger partial charge in [0.15, 0.2) is 0 Å². The van der Waals surface area contributed by atoms with Crippen LogP contribution >= 0.6 is 0 Å². The van der Waals surface area contributed by atoms with Gasteiger partial charge in [-0.05, 0) is 25.1 Å². The summed E-state index contributed by atoms with van der Waals surface area (Å²) >= 11 is 0. The summed E-state index contributed by atoms with van der Waals surface area (Å²) < 4.78 is 17.5. The zero-order valence-electron chi connectivity index (χ0n) is 9.36. The van der Waals surface area contributed by atoms with E-state index in [0.29, 0.717) is 0 Å². The molecule has 0 fully saturated rings. The summed E-state index contributed by atoms with van der Waals surface area (Å²) in [6, 6.07) is 2.51. The van der Waals surface area contributed by atoms with Gasteiger partial charge in [0, 0.05) is 5.69 Å². The Balaban J connectivity index is 3.06. The zero-order chi connectivity index (χ0) is 13.0. The van der Waals surface area contributed by atoms with Gasteiger partial charge in [0.2, 0.25) is 0 Å². The maximum absolute atomic E-state index is 13.0. The van der Waals surface area contributed by atoms with Gasteiger partial charge in [-0.3, -0.25) is 4.79 Å². The fourth-order valence-corrected chi connectivity index (χ4v) is 1.22. The van der Waals surface area contributed by atoms with E-state index in [2.05, 4.69) is 10.1 Å². The Labute approximate surface area is 97.2 Å². The monoisotopic (exact) mass is 241 g/mol. The van der Waals surface area contributed by atoms with Crippen LogP contribution < -0.4 is 5.32 Å². The normalized spacial score (nSPS) is 11.7. The number of hydrogen-bond acceptors (Lipinski definition) is 4. The molecule has 0 aliphatic rings. The zero-order valence-corrected chi connectivity index (χ0v) is 9.36. The Kier molecular flexibility index (Phi) is 4.03. The first kappa shape index (κ1) is 13.0. The number of hydrogen-bond donors (Lipinski definition) is 2. The van der Waals surface area contributed by atoms with Crippen LogP contribution in [0.25, 0.3) is 0 Å². The molecule has 0 aliphatic heterocycles. The van der Waals surface area contributed by atoms with Crippen LogP contribution in [0, 0.1) is 5.82 Å². The van der Waals surface area contributed by atoms with Crippen LogP contribution in [-0.4, -0.2) is 30.2 Å². The van der Waals surface area contributed by atoms with Crippen LogP contribution in [0.4, 0.5) is 10.1 Å². The van der Waals surface area contributed by atoms with Crippen molar-refractivity contribution in [2.75, 3.05) is 12.4 Å². The van der Waals surface area contributed by atoms with Crippen molar-refractivity contribution in [2.45, 2.75) is 13.0 Å². The first-order valence-electron chi connectivity index (χ1n) is 4.83. The minimum Gasteiger partial charge on any atom is -0.480 e. The van der Waals surface area contributed by atoms with Gasteiger partial charge in [-0.15, -0.1) is 0 Å². The van der Waals surface area contributed by atoms with E-state index < -0.39 is 23.8 Å². The lowest BCUT2D eigenvalue weighted by atomic mass is 10.1. The molecule has 1 unspecified atom stereocenters. The lowest BCUT2D eigenvalue weighted by molar-refractivity contribution is -0.137. The van der Waals surface area contributed by atoms with Gasteiger partial charge in [0.25, 0.3) is 0 Å². The Hall–Kier alpha value is -2.11. The van der Waals surface area contributed by atoms with E-state index in [1.807, 2.05) is 0 Å². The molecule has 1 aromatic carbocycles. The van der Waals surface area contributed by atoms with Crippen molar-refractivity contribution >= 4 is 17.6 Å². The van der Waals surface area contributed by atoms with Crippen LogP contribution in [0.5, 0.6) is 0 Å². The molecule has 0 heterocycles. The van der Waals surface area contributed by atoms with Gasteiger partial charge in [-0.25, -0.2) is 9.18 Å². The van der Waals surface area contributed by atoms with Gasteiger partial charge in [0.1, 0.15) is 11.9 Å². The van der Waals surface area contributed by atoms with Gasteiger partial charge < -0.3 is 15.2 Å². The third-order valence-electron chi connectivity index (χ3n) is 2.13. The van der Waals surface area contributed by atoms with E-state index in [-0.39, 0.29) is 11.3 Å². The minimum atomic E-state index is -1.08. The highest BCUT2D eigenvalue weighted by molar-refractivity contribution is 5.96. The summed E-state index contributed by atoms with van der Waals surface area (Å²) in [6.07, 6.45) is 0. The second-order valence-corrected chi connectivity index (χ2v) is 3.39. The van der Waals surface area contributed by atoms with Crippen molar-refractivity contribution in [1.29, 1.82) is 0 Å². The summed E-state index contributed by atoms with van der Waals surface area (Å²) in [4.78, 5) is 22.0. The first-order chi connectivity index (χ1) is 7.95. The second kappa shape index (κ2) is 5.29. The molecule has 0 saturated heterocycles. The predicted octanol–water partition coefficient (Wildman–Crippen LogP) is 1.50. The number of carbonyl (C=O) groups is 2. The molecule has 1 aromatic rings. The van der Waals surface area contributed by atoms with Crippen LogP contribution in [0.15, 0.2) is 18.2 Å². The number of rotatable bonds is 4. The average Bonchev–Trinajstić information content (AvgIpc) is 2.30. The molecular formula is C11H12FNO4. The number of benzene rings is 1. The standard InChI is InChI=1S/C11H12FNO4/c1-6(10(14)15)13-9-4-3-7(12)5-8(9)11(16)17-2/h3-6,13H,1-2H3,(H,14,15). The van der Waals surface area contributed by atoms with E-state index in [0.717, 1.165) is 19.2 Å². The molecule has 1 atom stereocenters. The van der Waals surface area contributed by atoms with Crippen molar-refractivity contribution in [3.8, 4) is 0 Å². The number of methoxy groups -OCH3 is 1. The minimum absolute atomic E-state index is 0.0411. The van der Waals surface area contributed by atoms with Crippen molar-refractivity contribution < 1.29 is 23.8 Å². The molecule has 0 aromatic heterocycles.